The standard InChI is InChI=1S/C17H16N2OS2/c1-12-18-17(14-8-5-11-21-14)15(22-12)9-10-16(20)19-13-6-3-2-4-7-13/h2-8,11H,9-10H2,1H3,(H,19,20). The molecule has 2 heterocycles. The fourth-order valence-electron chi connectivity index (χ4n) is 2.22. The van der Waals surface area contributed by atoms with Gasteiger partial charge in [-0.2, -0.15) is 0 Å². The van der Waals surface area contributed by atoms with Crippen molar-refractivity contribution in [3.8, 4) is 10.6 Å². The lowest BCUT2D eigenvalue weighted by molar-refractivity contribution is -0.116. The smallest absolute Gasteiger partial charge is 0.224 e. The van der Waals surface area contributed by atoms with Crippen molar-refractivity contribution in [2.24, 2.45) is 0 Å². The quantitative estimate of drug-likeness (QED) is 0.734. The van der Waals surface area contributed by atoms with Crippen LogP contribution in [0.15, 0.2) is 47.8 Å². The third-order valence-electron chi connectivity index (χ3n) is 3.20. The van der Waals surface area contributed by atoms with Gasteiger partial charge in [-0.25, -0.2) is 4.98 Å². The Morgan fingerprint density at radius 3 is 2.73 bits per heavy atom. The molecule has 0 unspecified atom stereocenters. The van der Waals surface area contributed by atoms with Gasteiger partial charge in [0.2, 0.25) is 5.91 Å². The zero-order chi connectivity index (χ0) is 15.4. The van der Waals surface area contributed by atoms with Crippen molar-refractivity contribution in [2.75, 3.05) is 5.32 Å². The summed E-state index contributed by atoms with van der Waals surface area (Å²) in [6, 6.07) is 13.7. The Balaban J connectivity index is 1.66. The maximum Gasteiger partial charge on any atom is 0.224 e. The minimum atomic E-state index is 0.0365. The van der Waals surface area contributed by atoms with Crippen LogP contribution in [0.5, 0.6) is 0 Å². The highest BCUT2D eigenvalue weighted by Gasteiger charge is 2.13. The topological polar surface area (TPSA) is 42.0 Å². The van der Waals surface area contributed by atoms with Crippen LogP contribution in [0.2, 0.25) is 0 Å². The Labute approximate surface area is 137 Å². The van der Waals surface area contributed by atoms with E-state index in [1.54, 1.807) is 22.7 Å². The van der Waals surface area contributed by atoms with Crippen LogP contribution in [0, 0.1) is 6.92 Å². The molecule has 5 heteroatoms. The minimum Gasteiger partial charge on any atom is -0.326 e. The Morgan fingerprint density at radius 1 is 1.18 bits per heavy atom. The summed E-state index contributed by atoms with van der Waals surface area (Å²) in [5.41, 5.74) is 1.87. The van der Waals surface area contributed by atoms with E-state index in [1.807, 2.05) is 43.3 Å². The highest BCUT2D eigenvalue weighted by atomic mass is 32.1. The predicted octanol–water partition coefficient (Wildman–Crippen LogP) is 4.75. The van der Waals surface area contributed by atoms with Gasteiger partial charge in [0.25, 0.3) is 0 Å². The molecule has 0 saturated carbocycles. The van der Waals surface area contributed by atoms with Gasteiger partial charge in [0.05, 0.1) is 15.6 Å². The second-order valence-electron chi connectivity index (χ2n) is 4.90. The maximum absolute atomic E-state index is 12.1. The fraction of sp³-hybridized carbons (Fsp3) is 0.176. The van der Waals surface area contributed by atoms with E-state index >= 15 is 0 Å². The molecule has 0 radical (unpaired) electrons. The summed E-state index contributed by atoms with van der Waals surface area (Å²) in [6.45, 7) is 2.01. The SMILES string of the molecule is Cc1nc(-c2cccs2)c(CCC(=O)Nc2ccccc2)s1. The zero-order valence-electron chi connectivity index (χ0n) is 12.2. The van der Waals surface area contributed by atoms with Gasteiger partial charge >= 0.3 is 0 Å². The van der Waals surface area contributed by atoms with E-state index in [9.17, 15) is 4.79 Å². The lowest BCUT2D eigenvalue weighted by Crippen LogP contribution is -2.12. The van der Waals surface area contributed by atoms with Gasteiger partial charge < -0.3 is 5.32 Å². The first-order chi connectivity index (χ1) is 10.7. The van der Waals surface area contributed by atoms with Gasteiger partial charge in [-0.3, -0.25) is 4.79 Å². The number of benzene rings is 1. The normalized spacial score (nSPS) is 10.6. The van der Waals surface area contributed by atoms with E-state index in [2.05, 4.69) is 21.7 Å². The lowest BCUT2D eigenvalue weighted by Gasteiger charge is -2.04. The van der Waals surface area contributed by atoms with Crippen molar-refractivity contribution >= 4 is 34.3 Å². The number of para-hydroxylation sites is 1. The summed E-state index contributed by atoms with van der Waals surface area (Å²) < 4.78 is 0. The summed E-state index contributed by atoms with van der Waals surface area (Å²) in [5.74, 6) is 0.0365. The summed E-state index contributed by atoms with van der Waals surface area (Å²) in [7, 11) is 0. The van der Waals surface area contributed by atoms with Crippen molar-refractivity contribution < 1.29 is 4.79 Å². The first kappa shape index (κ1) is 14.9. The molecule has 2 aromatic heterocycles. The molecule has 3 rings (SSSR count). The highest BCUT2D eigenvalue weighted by Crippen LogP contribution is 2.32. The van der Waals surface area contributed by atoms with Crippen molar-refractivity contribution in [2.45, 2.75) is 19.8 Å². The van der Waals surface area contributed by atoms with Crippen LogP contribution in [-0.2, 0) is 11.2 Å². The molecule has 22 heavy (non-hydrogen) atoms. The van der Waals surface area contributed by atoms with Crippen molar-refractivity contribution in [3.63, 3.8) is 0 Å². The number of anilines is 1. The van der Waals surface area contributed by atoms with E-state index in [-0.39, 0.29) is 5.91 Å². The van der Waals surface area contributed by atoms with Gasteiger partial charge in [0, 0.05) is 17.0 Å². The van der Waals surface area contributed by atoms with Crippen LogP contribution < -0.4 is 5.32 Å². The Kier molecular flexibility index (Phi) is 4.65. The molecule has 0 aliphatic rings. The van der Waals surface area contributed by atoms with Crippen molar-refractivity contribution in [1.82, 2.24) is 4.98 Å². The van der Waals surface area contributed by atoms with Crippen molar-refractivity contribution in [3.05, 3.63) is 57.7 Å². The van der Waals surface area contributed by atoms with E-state index in [1.165, 1.54) is 9.75 Å². The molecule has 0 bridgehead atoms. The van der Waals surface area contributed by atoms with Gasteiger partial charge in [0.15, 0.2) is 0 Å². The number of thiophene rings is 1. The van der Waals surface area contributed by atoms with Gasteiger partial charge in [-0.05, 0) is 36.9 Å². The molecule has 0 aliphatic heterocycles. The molecule has 0 spiro atoms. The van der Waals surface area contributed by atoms with Crippen LogP contribution in [0.3, 0.4) is 0 Å². The van der Waals surface area contributed by atoms with E-state index in [4.69, 9.17) is 0 Å². The number of carbonyl (C=O) groups excluding carboxylic acids is 1. The molecule has 1 N–H and O–H groups in total. The third kappa shape index (κ3) is 3.61. The van der Waals surface area contributed by atoms with E-state index in [0.29, 0.717) is 6.42 Å². The number of aryl methyl sites for hydroxylation is 2. The number of aromatic nitrogens is 1. The molecule has 0 aliphatic carbocycles. The lowest BCUT2D eigenvalue weighted by atomic mass is 10.2. The highest BCUT2D eigenvalue weighted by molar-refractivity contribution is 7.15. The molecule has 0 saturated heterocycles. The van der Waals surface area contributed by atoms with Gasteiger partial charge in [-0.15, -0.1) is 22.7 Å². The third-order valence-corrected chi connectivity index (χ3v) is 5.10. The number of hydrogen-bond acceptors (Lipinski definition) is 4. The van der Waals surface area contributed by atoms with Crippen LogP contribution in [0.4, 0.5) is 5.69 Å². The number of carbonyl (C=O) groups is 1. The summed E-state index contributed by atoms with van der Waals surface area (Å²) in [5, 5.41) is 6.02. The number of nitrogens with one attached hydrogen (secondary N) is 1. The first-order valence-corrected chi connectivity index (χ1v) is 8.77. The Morgan fingerprint density at radius 2 is 2.00 bits per heavy atom. The second-order valence-corrected chi connectivity index (χ2v) is 7.13. The second kappa shape index (κ2) is 6.85. The number of hydrogen-bond donors (Lipinski definition) is 1. The van der Waals surface area contributed by atoms with Crippen LogP contribution in [0.1, 0.15) is 16.3 Å². The molecule has 1 amide bonds. The molecular weight excluding hydrogens is 312 g/mol. The molecule has 112 valence electrons. The predicted molar refractivity (Wildman–Crippen MR) is 93.6 cm³/mol. The summed E-state index contributed by atoms with van der Waals surface area (Å²) >= 11 is 3.36. The number of rotatable bonds is 5. The molecule has 0 fully saturated rings. The van der Waals surface area contributed by atoms with E-state index < -0.39 is 0 Å². The summed E-state index contributed by atoms with van der Waals surface area (Å²) in [6.07, 6.45) is 1.19. The molecule has 3 aromatic rings. The largest absolute Gasteiger partial charge is 0.326 e. The van der Waals surface area contributed by atoms with Crippen LogP contribution in [-0.4, -0.2) is 10.9 Å². The van der Waals surface area contributed by atoms with Gasteiger partial charge in [0.1, 0.15) is 0 Å². The van der Waals surface area contributed by atoms with E-state index in [0.717, 1.165) is 22.8 Å². The monoisotopic (exact) mass is 328 g/mol. The maximum atomic E-state index is 12.1. The number of nitrogens with zero attached hydrogens (tertiary/aromatic N) is 1. The van der Waals surface area contributed by atoms with Crippen LogP contribution >= 0.6 is 22.7 Å². The molecular formula is C17H16N2OS2. The zero-order valence-corrected chi connectivity index (χ0v) is 13.8. The molecule has 1 aromatic carbocycles. The minimum absolute atomic E-state index is 0.0365. The van der Waals surface area contributed by atoms with Crippen LogP contribution in [0.25, 0.3) is 10.6 Å². The van der Waals surface area contributed by atoms with Crippen molar-refractivity contribution in [1.29, 1.82) is 0 Å². The average Bonchev–Trinajstić information content (AvgIpc) is 3.15. The van der Waals surface area contributed by atoms with Gasteiger partial charge in [-0.1, -0.05) is 24.3 Å². The summed E-state index contributed by atoms with van der Waals surface area (Å²) in [4.78, 5) is 19.0. The average molecular weight is 328 g/mol. The Bertz CT molecular complexity index is 748. The molecule has 3 nitrogen and oxygen atoms in total. The fourth-order valence-corrected chi connectivity index (χ4v) is 3.97. The first-order valence-electron chi connectivity index (χ1n) is 7.07. The number of thiazole rings is 1. The molecule has 0 atom stereocenters. The number of amides is 1. The Hall–Kier alpha value is -1.98.